The number of hydrogen-bond donors (Lipinski definition) is 1. The molecule has 0 saturated carbocycles. The summed E-state index contributed by atoms with van der Waals surface area (Å²) in [7, 11) is 0. The Morgan fingerprint density at radius 1 is 1.24 bits per heavy atom. The minimum atomic E-state index is -0.537. The number of aromatic hydroxyl groups is 1. The van der Waals surface area contributed by atoms with Gasteiger partial charge in [0.05, 0.1) is 6.20 Å². The first-order valence-corrected chi connectivity index (χ1v) is 5.03. The topological polar surface area (TPSA) is 50.2 Å². The van der Waals surface area contributed by atoms with Gasteiger partial charge in [0.1, 0.15) is 5.82 Å². The maximum absolute atomic E-state index is 13.1. The Kier molecular flexibility index (Phi) is 2.87. The van der Waals surface area contributed by atoms with E-state index in [1.807, 2.05) is 0 Å². The van der Waals surface area contributed by atoms with E-state index < -0.39 is 11.2 Å². The van der Waals surface area contributed by atoms with Crippen LogP contribution in [0.1, 0.15) is 5.56 Å². The fourth-order valence-corrected chi connectivity index (χ4v) is 1.54. The molecule has 0 aliphatic heterocycles. The van der Waals surface area contributed by atoms with Gasteiger partial charge in [-0.1, -0.05) is 11.6 Å². The van der Waals surface area contributed by atoms with Crippen molar-refractivity contribution in [3.63, 3.8) is 0 Å². The van der Waals surface area contributed by atoms with E-state index in [0.29, 0.717) is 5.56 Å². The van der Waals surface area contributed by atoms with Gasteiger partial charge in [-0.2, -0.15) is 0 Å². The Labute approximate surface area is 97.2 Å². The first kappa shape index (κ1) is 11.3. The predicted octanol–water partition coefficient (Wildman–Crippen LogP) is 2.26. The van der Waals surface area contributed by atoms with Crippen molar-refractivity contribution in [1.82, 2.24) is 4.98 Å². The summed E-state index contributed by atoms with van der Waals surface area (Å²) >= 11 is 0. The molecule has 0 amide bonds. The first-order valence-electron chi connectivity index (χ1n) is 5.03. The highest BCUT2D eigenvalue weighted by Gasteiger charge is 2.07. The number of hydrogen-bond acceptors (Lipinski definition) is 3. The third kappa shape index (κ3) is 2.30. The molecule has 0 saturated heterocycles. The summed E-state index contributed by atoms with van der Waals surface area (Å²) in [6.07, 6.45) is 2.45. The SMILES string of the molecule is Cc1ccc(O)c(=O)c(-c2cncc(F)c2)c1. The molecule has 0 aliphatic carbocycles. The largest absolute Gasteiger partial charge is 0.504 e. The van der Waals surface area contributed by atoms with Crippen LogP contribution in [-0.2, 0) is 0 Å². The second-order valence-corrected chi connectivity index (χ2v) is 3.74. The molecule has 86 valence electrons. The summed E-state index contributed by atoms with van der Waals surface area (Å²) in [6, 6.07) is 5.75. The fourth-order valence-electron chi connectivity index (χ4n) is 1.54. The Hall–Kier alpha value is -2.23. The zero-order valence-electron chi connectivity index (χ0n) is 9.14. The molecule has 1 heterocycles. The first-order chi connectivity index (χ1) is 8.08. The van der Waals surface area contributed by atoms with Gasteiger partial charge >= 0.3 is 0 Å². The summed E-state index contributed by atoms with van der Waals surface area (Å²) < 4.78 is 13.1. The summed E-state index contributed by atoms with van der Waals surface area (Å²) in [6.45, 7) is 1.79. The molecule has 0 bridgehead atoms. The van der Waals surface area contributed by atoms with Gasteiger partial charge in [-0.3, -0.25) is 9.78 Å². The molecule has 1 aromatic heterocycles. The van der Waals surface area contributed by atoms with Crippen LogP contribution in [0.25, 0.3) is 11.1 Å². The van der Waals surface area contributed by atoms with Crippen LogP contribution in [0.4, 0.5) is 4.39 Å². The molecular weight excluding hydrogens is 221 g/mol. The minimum Gasteiger partial charge on any atom is -0.504 e. The average Bonchev–Trinajstić information content (AvgIpc) is 2.43. The lowest BCUT2D eigenvalue weighted by molar-refractivity contribution is 0.471. The van der Waals surface area contributed by atoms with Crippen molar-refractivity contribution in [2.24, 2.45) is 0 Å². The van der Waals surface area contributed by atoms with Gasteiger partial charge in [-0.25, -0.2) is 4.39 Å². The van der Waals surface area contributed by atoms with Gasteiger partial charge in [0.25, 0.3) is 0 Å². The van der Waals surface area contributed by atoms with E-state index in [0.717, 1.165) is 11.8 Å². The number of rotatable bonds is 1. The van der Waals surface area contributed by atoms with E-state index in [4.69, 9.17) is 0 Å². The molecule has 2 rings (SSSR count). The number of aromatic nitrogens is 1. The van der Waals surface area contributed by atoms with E-state index in [1.54, 1.807) is 19.1 Å². The van der Waals surface area contributed by atoms with Crippen LogP contribution in [0, 0.1) is 12.7 Å². The summed E-state index contributed by atoms with van der Waals surface area (Å²) in [5.41, 5.74) is 0.841. The van der Waals surface area contributed by atoms with Crippen molar-refractivity contribution in [2.45, 2.75) is 6.92 Å². The van der Waals surface area contributed by atoms with Gasteiger partial charge in [-0.15, -0.1) is 0 Å². The van der Waals surface area contributed by atoms with Gasteiger partial charge < -0.3 is 5.11 Å². The van der Waals surface area contributed by atoms with Crippen LogP contribution in [0.3, 0.4) is 0 Å². The second-order valence-electron chi connectivity index (χ2n) is 3.74. The smallest absolute Gasteiger partial charge is 0.227 e. The third-order valence-corrected chi connectivity index (χ3v) is 2.37. The van der Waals surface area contributed by atoms with Crippen LogP contribution >= 0.6 is 0 Å². The van der Waals surface area contributed by atoms with Crippen LogP contribution < -0.4 is 5.43 Å². The van der Waals surface area contributed by atoms with Crippen molar-refractivity contribution in [3.8, 4) is 16.9 Å². The maximum atomic E-state index is 13.1. The van der Waals surface area contributed by atoms with Crippen molar-refractivity contribution < 1.29 is 9.50 Å². The standard InChI is InChI=1S/C13H10FNO2/c1-8-2-3-12(16)13(17)11(4-8)9-5-10(14)7-15-6-9/h2-7H,1H3,(H,16,17). The van der Waals surface area contributed by atoms with Gasteiger partial charge in [0.15, 0.2) is 5.75 Å². The molecule has 2 aromatic rings. The number of aryl methyl sites for hydroxylation is 1. The molecule has 17 heavy (non-hydrogen) atoms. The van der Waals surface area contributed by atoms with Crippen molar-refractivity contribution in [2.75, 3.05) is 0 Å². The number of halogens is 1. The summed E-state index contributed by atoms with van der Waals surface area (Å²) in [4.78, 5) is 15.5. The van der Waals surface area contributed by atoms with Gasteiger partial charge in [0.2, 0.25) is 5.43 Å². The minimum absolute atomic E-state index is 0.233. The molecule has 4 heteroatoms. The molecule has 3 nitrogen and oxygen atoms in total. The zero-order chi connectivity index (χ0) is 12.4. The van der Waals surface area contributed by atoms with Crippen LogP contribution in [0.2, 0.25) is 0 Å². The van der Waals surface area contributed by atoms with E-state index in [2.05, 4.69) is 4.98 Å². The Balaban J connectivity index is 2.76. The van der Waals surface area contributed by atoms with Gasteiger partial charge in [-0.05, 0) is 25.1 Å². The third-order valence-electron chi connectivity index (χ3n) is 2.37. The highest BCUT2D eigenvalue weighted by atomic mass is 19.1. The Morgan fingerprint density at radius 3 is 2.71 bits per heavy atom. The molecule has 0 unspecified atom stereocenters. The van der Waals surface area contributed by atoms with E-state index in [9.17, 15) is 14.3 Å². The quantitative estimate of drug-likeness (QED) is 0.819. The monoisotopic (exact) mass is 231 g/mol. The molecule has 0 aliphatic rings. The highest BCUT2D eigenvalue weighted by Crippen LogP contribution is 2.18. The molecule has 0 radical (unpaired) electrons. The van der Waals surface area contributed by atoms with E-state index >= 15 is 0 Å². The molecule has 0 atom stereocenters. The van der Waals surface area contributed by atoms with Crippen LogP contribution in [-0.4, -0.2) is 10.1 Å². The molecule has 1 N–H and O–H groups in total. The number of pyridine rings is 1. The van der Waals surface area contributed by atoms with E-state index in [-0.39, 0.29) is 11.3 Å². The Morgan fingerprint density at radius 2 is 2.00 bits per heavy atom. The predicted molar refractivity (Wildman–Crippen MR) is 62.3 cm³/mol. The van der Waals surface area contributed by atoms with Crippen molar-refractivity contribution in [1.29, 1.82) is 0 Å². The lowest BCUT2D eigenvalue weighted by atomic mass is 10.1. The Bertz CT molecular complexity index is 626. The van der Waals surface area contributed by atoms with Crippen LogP contribution in [0.5, 0.6) is 5.75 Å². The lowest BCUT2D eigenvalue weighted by Crippen LogP contribution is -2.01. The average molecular weight is 231 g/mol. The summed E-state index contributed by atoms with van der Waals surface area (Å²) in [5.74, 6) is -0.886. The normalized spacial score (nSPS) is 10.2. The molecule has 1 aromatic carbocycles. The fraction of sp³-hybridized carbons (Fsp3) is 0.0769. The molecule has 0 fully saturated rings. The van der Waals surface area contributed by atoms with Gasteiger partial charge in [0, 0.05) is 17.3 Å². The molecular formula is C13H10FNO2. The lowest BCUT2D eigenvalue weighted by Gasteiger charge is -1.98. The van der Waals surface area contributed by atoms with Crippen molar-refractivity contribution in [3.05, 3.63) is 58.3 Å². The zero-order valence-corrected chi connectivity index (χ0v) is 9.14. The summed E-state index contributed by atoms with van der Waals surface area (Å²) in [5, 5.41) is 9.49. The molecule has 0 spiro atoms. The highest BCUT2D eigenvalue weighted by molar-refractivity contribution is 5.64. The second kappa shape index (κ2) is 4.33. The van der Waals surface area contributed by atoms with Crippen LogP contribution in [0.15, 0.2) is 41.5 Å². The number of nitrogens with zero attached hydrogens (tertiary/aromatic N) is 1. The van der Waals surface area contributed by atoms with Crippen molar-refractivity contribution >= 4 is 0 Å². The maximum Gasteiger partial charge on any atom is 0.227 e. The van der Waals surface area contributed by atoms with E-state index in [1.165, 1.54) is 18.3 Å².